The third-order valence-electron chi connectivity index (χ3n) is 4.85. The minimum Gasteiger partial charge on any atom is -0.0956 e. The summed E-state index contributed by atoms with van der Waals surface area (Å²) in [7, 11) is 0. The zero-order valence-corrected chi connectivity index (χ0v) is 17.4. The van der Waals surface area contributed by atoms with E-state index in [1.165, 1.54) is 11.1 Å². The molecule has 0 amide bonds. The van der Waals surface area contributed by atoms with E-state index < -0.39 is 0 Å². The largest absolute Gasteiger partial charge is 0.0956 e. The molecule has 0 aliphatic rings. The van der Waals surface area contributed by atoms with Crippen LogP contribution in [0.5, 0.6) is 0 Å². The van der Waals surface area contributed by atoms with Gasteiger partial charge in [0.1, 0.15) is 0 Å². The molecule has 0 aromatic heterocycles. The van der Waals surface area contributed by atoms with E-state index in [9.17, 15) is 0 Å². The fraction of sp³-hybridized carbons (Fsp3) is 0.440. The van der Waals surface area contributed by atoms with Crippen molar-refractivity contribution in [2.75, 3.05) is 0 Å². The number of rotatable bonds is 11. The Morgan fingerprint density at radius 3 is 1.96 bits per heavy atom. The first-order valence-corrected chi connectivity index (χ1v) is 9.50. The standard InChI is InChI=1S/C25H38/c1-11-18(4)14-15-20(6)22(8)17-25(13-3)24(10)23(9)16-21(7)19(5)12-2/h14-18,20H,5,8-13H2,1-4,6-7H3/b15-14-,21-16-,25-17-. The van der Waals surface area contributed by atoms with E-state index >= 15 is 0 Å². The third kappa shape index (κ3) is 8.20. The van der Waals surface area contributed by atoms with Crippen LogP contribution in [0.2, 0.25) is 0 Å². The average molecular weight is 339 g/mol. The SMILES string of the molecule is C=C(/C=C(/C)C(=C)CC)C(=C)/C(=C\C(=C)C(C)/C=C\C(C)CC)CC. The summed E-state index contributed by atoms with van der Waals surface area (Å²) in [6.07, 6.45) is 11.8. The highest BCUT2D eigenvalue weighted by molar-refractivity contribution is 5.52. The van der Waals surface area contributed by atoms with Gasteiger partial charge in [-0.25, -0.2) is 0 Å². The second-order valence-electron chi connectivity index (χ2n) is 6.95. The lowest BCUT2D eigenvalue weighted by Gasteiger charge is -2.14. The molecular weight excluding hydrogens is 300 g/mol. The van der Waals surface area contributed by atoms with Gasteiger partial charge >= 0.3 is 0 Å². The fourth-order valence-corrected chi connectivity index (χ4v) is 2.31. The molecule has 2 atom stereocenters. The van der Waals surface area contributed by atoms with Crippen LogP contribution in [0.1, 0.15) is 60.8 Å². The maximum Gasteiger partial charge on any atom is -0.00161 e. The van der Waals surface area contributed by atoms with Crippen molar-refractivity contribution in [1.29, 1.82) is 0 Å². The van der Waals surface area contributed by atoms with Gasteiger partial charge in [-0.3, -0.25) is 0 Å². The van der Waals surface area contributed by atoms with Crippen LogP contribution >= 0.6 is 0 Å². The van der Waals surface area contributed by atoms with Crippen LogP contribution in [-0.2, 0) is 0 Å². The van der Waals surface area contributed by atoms with Crippen LogP contribution in [0.3, 0.4) is 0 Å². The summed E-state index contributed by atoms with van der Waals surface area (Å²) in [4.78, 5) is 0. The summed E-state index contributed by atoms with van der Waals surface area (Å²) < 4.78 is 0. The predicted octanol–water partition coefficient (Wildman–Crippen LogP) is 8.14. The van der Waals surface area contributed by atoms with Crippen LogP contribution in [0, 0.1) is 11.8 Å². The molecule has 0 aliphatic carbocycles. The highest BCUT2D eigenvalue weighted by atomic mass is 14.1. The first-order valence-electron chi connectivity index (χ1n) is 9.50. The molecule has 0 aliphatic heterocycles. The molecule has 0 fully saturated rings. The molecule has 2 unspecified atom stereocenters. The Kier molecular flexibility index (Phi) is 10.8. The minimum atomic E-state index is 0.328. The predicted molar refractivity (Wildman–Crippen MR) is 117 cm³/mol. The van der Waals surface area contributed by atoms with E-state index in [1.54, 1.807) is 0 Å². The van der Waals surface area contributed by atoms with Crippen molar-refractivity contribution in [1.82, 2.24) is 0 Å². The zero-order valence-electron chi connectivity index (χ0n) is 17.4. The lowest BCUT2D eigenvalue weighted by atomic mass is 9.91. The van der Waals surface area contributed by atoms with Gasteiger partial charge in [-0.15, -0.1) is 0 Å². The molecule has 0 saturated carbocycles. The summed E-state index contributed by atoms with van der Waals surface area (Å²) in [6, 6.07) is 0. The molecular formula is C25H38. The molecule has 0 radical (unpaired) electrons. The molecule has 0 heterocycles. The first kappa shape index (κ1) is 23.2. The number of hydrogen-bond donors (Lipinski definition) is 0. The Morgan fingerprint density at radius 2 is 1.48 bits per heavy atom. The van der Waals surface area contributed by atoms with Crippen LogP contribution in [0.25, 0.3) is 0 Å². The molecule has 0 bridgehead atoms. The molecule has 138 valence electrons. The first-order chi connectivity index (χ1) is 11.7. The Labute approximate surface area is 157 Å². The van der Waals surface area contributed by atoms with Crippen molar-refractivity contribution in [3.05, 3.63) is 84.1 Å². The van der Waals surface area contributed by atoms with Crippen LogP contribution in [0.15, 0.2) is 84.1 Å². The van der Waals surface area contributed by atoms with Crippen LogP contribution in [-0.4, -0.2) is 0 Å². The maximum absolute atomic E-state index is 4.26. The maximum atomic E-state index is 4.26. The molecule has 0 nitrogen and oxygen atoms in total. The summed E-state index contributed by atoms with van der Waals surface area (Å²) in [6.45, 7) is 29.8. The van der Waals surface area contributed by atoms with Gasteiger partial charge in [0.15, 0.2) is 0 Å². The quantitative estimate of drug-likeness (QED) is 0.263. The number of hydrogen-bond acceptors (Lipinski definition) is 0. The zero-order chi connectivity index (χ0) is 19.6. The van der Waals surface area contributed by atoms with Gasteiger partial charge in [0.2, 0.25) is 0 Å². The summed E-state index contributed by atoms with van der Waals surface area (Å²) in [5.74, 6) is 0.938. The summed E-state index contributed by atoms with van der Waals surface area (Å²) >= 11 is 0. The van der Waals surface area contributed by atoms with Gasteiger partial charge in [-0.05, 0) is 59.5 Å². The highest BCUT2D eigenvalue weighted by Crippen LogP contribution is 2.26. The topological polar surface area (TPSA) is 0 Å². The smallest absolute Gasteiger partial charge is 0.00161 e. The number of allylic oxidation sites excluding steroid dienone is 10. The van der Waals surface area contributed by atoms with Crippen molar-refractivity contribution in [2.45, 2.75) is 60.8 Å². The van der Waals surface area contributed by atoms with Crippen molar-refractivity contribution < 1.29 is 0 Å². The van der Waals surface area contributed by atoms with Crippen molar-refractivity contribution >= 4 is 0 Å². The van der Waals surface area contributed by atoms with Gasteiger partial charge < -0.3 is 0 Å². The molecule has 0 rings (SSSR count). The Hall–Kier alpha value is -1.82. The van der Waals surface area contributed by atoms with E-state index in [1.807, 2.05) is 0 Å². The Balaban J connectivity index is 5.23. The Bertz CT molecular complexity index is 590. The molecule has 25 heavy (non-hydrogen) atoms. The highest BCUT2D eigenvalue weighted by Gasteiger charge is 2.08. The van der Waals surface area contributed by atoms with Gasteiger partial charge in [0.25, 0.3) is 0 Å². The second-order valence-corrected chi connectivity index (χ2v) is 6.95. The van der Waals surface area contributed by atoms with E-state index in [0.29, 0.717) is 11.8 Å². The third-order valence-corrected chi connectivity index (χ3v) is 4.85. The van der Waals surface area contributed by atoms with E-state index in [2.05, 4.69) is 92.2 Å². The molecule has 0 aromatic carbocycles. The van der Waals surface area contributed by atoms with E-state index in [4.69, 9.17) is 0 Å². The lowest BCUT2D eigenvalue weighted by molar-refractivity contribution is 0.689. The lowest BCUT2D eigenvalue weighted by Crippen LogP contribution is -1.97. The summed E-state index contributed by atoms with van der Waals surface area (Å²) in [5, 5.41) is 0. The average Bonchev–Trinajstić information content (AvgIpc) is 2.61. The second kappa shape index (κ2) is 11.7. The van der Waals surface area contributed by atoms with Crippen LogP contribution in [0.4, 0.5) is 0 Å². The molecule has 0 N–H and O–H groups in total. The van der Waals surface area contributed by atoms with Gasteiger partial charge in [-0.2, -0.15) is 0 Å². The molecule has 0 aromatic rings. The molecule has 0 spiro atoms. The fourth-order valence-electron chi connectivity index (χ4n) is 2.31. The van der Waals surface area contributed by atoms with Gasteiger partial charge in [-0.1, -0.05) is 97.2 Å². The Morgan fingerprint density at radius 1 is 0.880 bits per heavy atom. The van der Waals surface area contributed by atoms with E-state index in [-0.39, 0.29) is 0 Å². The van der Waals surface area contributed by atoms with Crippen molar-refractivity contribution in [3.8, 4) is 0 Å². The molecule has 0 heteroatoms. The van der Waals surface area contributed by atoms with Crippen molar-refractivity contribution in [2.24, 2.45) is 11.8 Å². The van der Waals surface area contributed by atoms with E-state index in [0.717, 1.165) is 41.6 Å². The minimum absolute atomic E-state index is 0.328. The molecule has 0 saturated heterocycles. The van der Waals surface area contributed by atoms with Crippen molar-refractivity contribution in [3.63, 3.8) is 0 Å². The summed E-state index contributed by atoms with van der Waals surface area (Å²) in [5.41, 5.74) is 6.58. The van der Waals surface area contributed by atoms with Gasteiger partial charge in [0, 0.05) is 0 Å². The van der Waals surface area contributed by atoms with Crippen LogP contribution < -0.4 is 0 Å². The normalized spacial score (nSPS) is 15.1. The van der Waals surface area contributed by atoms with Gasteiger partial charge in [0.05, 0.1) is 0 Å². The monoisotopic (exact) mass is 338 g/mol.